The first-order valence-corrected chi connectivity index (χ1v) is 7.06. The summed E-state index contributed by atoms with van der Waals surface area (Å²) in [5, 5.41) is 16.3. The molecule has 0 aromatic carbocycles. The van der Waals surface area contributed by atoms with Crippen LogP contribution in [-0.2, 0) is 9.59 Å². The van der Waals surface area contributed by atoms with Crippen molar-refractivity contribution in [2.24, 2.45) is 23.7 Å². The van der Waals surface area contributed by atoms with E-state index in [-0.39, 0.29) is 17.7 Å². The molecule has 2 aliphatic rings. The minimum Gasteiger partial charge on any atom is -0.550 e. The van der Waals surface area contributed by atoms with Gasteiger partial charge in [-0.2, -0.15) is 0 Å². The standard InChI is InChI=1S/C13H14N2O3S/c1-6-5-19-13(14-6)15-11(16)9-7-2-3-8(4-7)10(9)12(17)18/h2-3,5,7-10H,4H2,1H3,(H,17,18)(H,14,15,16)/p-1/t7-,8-,9+,10+/m0/s1. The molecule has 0 spiro atoms. The van der Waals surface area contributed by atoms with Gasteiger partial charge in [0, 0.05) is 17.3 Å². The predicted molar refractivity (Wildman–Crippen MR) is 68.2 cm³/mol. The Bertz CT molecular complexity index is 566. The molecule has 1 amide bonds. The van der Waals surface area contributed by atoms with Crippen LogP contribution in [0.2, 0.25) is 0 Å². The Morgan fingerprint density at radius 3 is 2.63 bits per heavy atom. The lowest BCUT2D eigenvalue weighted by Crippen LogP contribution is -2.42. The second-order valence-electron chi connectivity index (χ2n) is 5.10. The number of rotatable bonds is 3. The minimum atomic E-state index is -1.13. The summed E-state index contributed by atoms with van der Waals surface area (Å²) in [5.41, 5.74) is 0.838. The number of hydrogen-bond donors (Lipinski definition) is 1. The molecule has 2 bridgehead atoms. The maximum Gasteiger partial charge on any atom is 0.230 e. The molecular formula is C13H13N2O3S-. The molecule has 1 saturated carbocycles. The van der Waals surface area contributed by atoms with Crippen molar-refractivity contribution >= 4 is 28.3 Å². The van der Waals surface area contributed by atoms with Gasteiger partial charge in [-0.1, -0.05) is 12.2 Å². The number of amides is 1. The number of carboxylic acid groups (broad SMARTS) is 1. The van der Waals surface area contributed by atoms with E-state index in [1.165, 1.54) is 11.3 Å². The van der Waals surface area contributed by atoms with E-state index in [1.54, 1.807) is 0 Å². The number of carboxylic acids is 1. The quantitative estimate of drug-likeness (QED) is 0.819. The summed E-state index contributed by atoms with van der Waals surface area (Å²) in [4.78, 5) is 27.6. The lowest BCUT2D eigenvalue weighted by atomic mass is 9.82. The van der Waals surface area contributed by atoms with Crippen LogP contribution in [0.15, 0.2) is 17.5 Å². The predicted octanol–water partition coefficient (Wildman–Crippen LogP) is 0.578. The monoisotopic (exact) mass is 277 g/mol. The van der Waals surface area contributed by atoms with Gasteiger partial charge in [0.1, 0.15) is 0 Å². The zero-order valence-corrected chi connectivity index (χ0v) is 11.1. The number of aromatic nitrogens is 1. The first-order chi connectivity index (χ1) is 9.06. The van der Waals surface area contributed by atoms with Crippen molar-refractivity contribution in [1.82, 2.24) is 4.98 Å². The maximum atomic E-state index is 12.3. The highest BCUT2D eigenvalue weighted by molar-refractivity contribution is 7.13. The molecular weight excluding hydrogens is 264 g/mol. The van der Waals surface area contributed by atoms with E-state index in [0.29, 0.717) is 5.13 Å². The molecule has 1 aromatic rings. The van der Waals surface area contributed by atoms with E-state index < -0.39 is 17.8 Å². The Balaban J connectivity index is 1.79. The number of aliphatic carboxylic acids is 1. The van der Waals surface area contributed by atoms with Crippen LogP contribution in [0, 0.1) is 30.6 Å². The van der Waals surface area contributed by atoms with Crippen molar-refractivity contribution in [2.75, 3.05) is 5.32 Å². The van der Waals surface area contributed by atoms with Crippen LogP contribution in [0.5, 0.6) is 0 Å². The second-order valence-corrected chi connectivity index (χ2v) is 5.96. The highest BCUT2D eigenvalue weighted by Gasteiger charge is 2.48. The smallest absolute Gasteiger partial charge is 0.230 e. The van der Waals surface area contributed by atoms with Crippen LogP contribution < -0.4 is 10.4 Å². The molecule has 0 radical (unpaired) electrons. The van der Waals surface area contributed by atoms with Gasteiger partial charge in [0.2, 0.25) is 5.91 Å². The minimum absolute atomic E-state index is 0.00830. The third kappa shape index (κ3) is 2.06. The highest BCUT2D eigenvalue weighted by Crippen LogP contribution is 2.48. The van der Waals surface area contributed by atoms with Crippen molar-refractivity contribution in [1.29, 1.82) is 0 Å². The van der Waals surface area contributed by atoms with E-state index in [4.69, 9.17) is 0 Å². The van der Waals surface area contributed by atoms with Gasteiger partial charge in [-0.05, 0) is 25.2 Å². The number of aryl methyl sites for hydroxylation is 1. The van der Waals surface area contributed by atoms with Gasteiger partial charge in [-0.3, -0.25) is 4.79 Å². The zero-order valence-electron chi connectivity index (χ0n) is 10.3. The van der Waals surface area contributed by atoms with E-state index in [1.807, 2.05) is 24.5 Å². The van der Waals surface area contributed by atoms with E-state index >= 15 is 0 Å². The van der Waals surface area contributed by atoms with Crippen LogP contribution in [0.4, 0.5) is 5.13 Å². The lowest BCUT2D eigenvalue weighted by Gasteiger charge is -2.27. The van der Waals surface area contributed by atoms with Crippen molar-refractivity contribution in [3.05, 3.63) is 23.2 Å². The number of thiazole rings is 1. The lowest BCUT2D eigenvalue weighted by molar-refractivity contribution is -0.313. The van der Waals surface area contributed by atoms with Crippen molar-refractivity contribution in [2.45, 2.75) is 13.3 Å². The molecule has 0 unspecified atom stereocenters. The number of nitrogens with zero attached hydrogens (tertiary/aromatic N) is 1. The number of carbonyl (C=O) groups is 2. The number of fused-ring (bicyclic) bond motifs is 2. The first kappa shape index (κ1) is 12.3. The van der Waals surface area contributed by atoms with Gasteiger partial charge in [-0.15, -0.1) is 11.3 Å². The third-order valence-corrected chi connectivity index (χ3v) is 4.76. The van der Waals surface area contributed by atoms with Crippen LogP contribution in [0.1, 0.15) is 12.1 Å². The topological polar surface area (TPSA) is 82.1 Å². The molecule has 1 N–H and O–H groups in total. The van der Waals surface area contributed by atoms with Gasteiger partial charge in [-0.25, -0.2) is 4.98 Å². The van der Waals surface area contributed by atoms with Gasteiger partial charge >= 0.3 is 0 Å². The first-order valence-electron chi connectivity index (χ1n) is 6.18. The summed E-state index contributed by atoms with van der Waals surface area (Å²) in [5.74, 6) is -2.70. The zero-order chi connectivity index (χ0) is 13.6. The summed E-state index contributed by atoms with van der Waals surface area (Å²) < 4.78 is 0. The van der Waals surface area contributed by atoms with Crippen molar-refractivity contribution in [3.63, 3.8) is 0 Å². The van der Waals surface area contributed by atoms with Gasteiger partial charge in [0.05, 0.1) is 11.6 Å². The fraction of sp³-hybridized carbons (Fsp3) is 0.462. The molecule has 19 heavy (non-hydrogen) atoms. The van der Waals surface area contributed by atoms with Gasteiger partial charge in [0.25, 0.3) is 0 Å². The van der Waals surface area contributed by atoms with Crippen LogP contribution in [0.25, 0.3) is 0 Å². The fourth-order valence-corrected chi connectivity index (χ4v) is 3.79. The molecule has 5 nitrogen and oxygen atoms in total. The molecule has 4 atom stereocenters. The molecule has 0 saturated heterocycles. The summed E-state index contributed by atoms with van der Waals surface area (Å²) >= 11 is 1.34. The molecule has 1 aromatic heterocycles. The Kier molecular flexibility index (Phi) is 2.89. The Hall–Kier alpha value is -1.69. The molecule has 1 fully saturated rings. The number of allylic oxidation sites excluding steroid dienone is 2. The van der Waals surface area contributed by atoms with Gasteiger partial charge in [0.15, 0.2) is 5.13 Å². The van der Waals surface area contributed by atoms with Gasteiger partial charge < -0.3 is 15.2 Å². The summed E-state index contributed by atoms with van der Waals surface area (Å²) in [6, 6.07) is 0. The van der Waals surface area contributed by atoms with Crippen molar-refractivity contribution in [3.8, 4) is 0 Å². The average Bonchev–Trinajstić information content (AvgIpc) is 3.03. The number of hydrogen-bond acceptors (Lipinski definition) is 5. The molecule has 2 aliphatic carbocycles. The number of carbonyl (C=O) groups excluding carboxylic acids is 2. The van der Waals surface area contributed by atoms with Crippen LogP contribution in [0.3, 0.4) is 0 Å². The normalized spacial score (nSPS) is 31.6. The Morgan fingerprint density at radius 1 is 1.37 bits per heavy atom. The SMILES string of the molecule is Cc1csc(NC(=O)[C@H]2[C@H](C(=O)[O-])[C@H]3C=C[C@H]2C3)n1. The molecule has 100 valence electrons. The average molecular weight is 277 g/mol. The Labute approximate surface area is 114 Å². The van der Waals surface area contributed by atoms with Crippen molar-refractivity contribution < 1.29 is 14.7 Å². The number of nitrogens with one attached hydrogen (secondary N) is 1. The Morgan fingerprint density at radius 2 is 2.05 bits per heavy atom. The van der Waals surface area contributed by atoms with E-state index in [9.17, 15) is 14.7 Å². The molecule has 3 rings (SSSR count). The summed E-state index contributed by atoms with van der Waals surface area (Å²) in [7, 11) is 0. The second kappa shape index (κ2) is 4.45. The molecule has 0 aliphatic heterocycles. The maximum absolute atomic E-state index is 12.3. The summed E-state index contributed by atoms with van der Waals surface area (Å²) in [6.45, 7) is 1.84. The highest BCUT2D eigenvalue weighted by atomic mass is 32.1. The van der Waals surface area contributed by atoms with E-state index in [2.05, 4.69) is 10.3 Å². The molecule has 6 heteroatoms. The third-order valence-electron chi connectivity index (χ3n) is 3.88. The number of anilines is 1. The van der Waals surface area contributed by atoms with Crippen LogP contribution >= 0.6 is 11.3 Å². The van der Waals surface area contributed by atoms with E-state index in [0.717, 1.165) is 12.1 Å². The van der Waals surface area contributed by atoms with Crippen LogP contribution in [-0.4, -0.2) is 16.9 Å². The fourth-order valence-electron chi connectivity index (χ4n) is 3.10. The summed E-state index contributed by atoms with van der Waals surface area (Å²) in [6.07, 6.45) is 4.57. The largest absolute Gasteiger partial charge is 0.550 e. The molecule has 1 heterocycles.